The van der Waals surface area contributed by atoms with E-state index >= 15 is 0 Å². The fourth-order valence-electron chi connectivity index (χ4n) is 3.01. The molecule has 28 heavy (non-hydrogen) atoms. The topological polar surface area (TPSA) is 93.9 Å². The molecule has 8 heteroatoms. The van der Waals surface area contributed by atoms with Gasteiger partial charge in [0.2, 0.25) is 0 Å². The van der Waals surface area contributed by atoms with E-state index < -0.39 is 16.6 Å². The number of hydrogen-bond acceptors (Lipinski definition) is 7. The molecule has 2 N–H and O–H groups in total. The Bertz CT molecular complexity index is 799. The molecule has 1 atom stereocenters. The van der Waals surface area contributed by atoms with Gasteiger partial charge in [-0.1, -0.05) is 35.9 Å². The Kier molecular flexibility index (Phi) is 8.93. The molecule has 0 bridgehead atoms. The number of nitrogens with zero attached hydrogens (tertiary/aromatic N) is 2. The molecule has 7 nitrogen and oxygen atoms in total. The lowest BCUT2D eigenvalue weighted by Gasteiger charge is -2.36. The van der Waals surface area contributed by atoms with Crippen molar-refractivity contribution >= 4 is 16.2 Å². The summed E-state index contributed by atoms with van der Waals surface area (Å²) < 4.78 is 28.5. The SMILES string of the molecule is Cc1ccc(OCC(O)CN2CCN(c3ccccc3)CC2)cc1.N=S(=O)=O. The Balaban J connectivity index is 0.000000640. The van der Waals surface area contributed by atoms with Crippen molar-refractivity contribution in [3.63, 3.8) is 0 Å². The molecule has 1 aliphatic heterocycles. The number of ether oxygens (including phenoxy) is 1. The highest BCUT2D eigenvalue weighted by atomic mass is 32.2. The molecule has 2 aromatic rings. The molecule has 0 saturated carbocycles. The van der Waals surface area contributed by atoms with Gasteiger partial charge in [-0.25, -0.2) is 0 Å². The van der Waals surface area contributed by atoms with Gasteiger partial charge in [0.25, 0.3) is 0 Å². The van der Waals surface area contributed by atoms with E-state index in [0.717, 1.165) is 31.9 Å². The quantitative estimate of drug-likeness (QED) is 0.765. The molecule has 0 radical (unpaired) electrons. The van der Waals surface area contributed by atoms with Crippen molar-refractivity contribution in [2.24, 2.45) is 0 Å². The molecule has 0 amide bonds. The first-order chi connectivity index (χ1) is 13.4. The number of aliphatic hydroxyl groups excluding tert-OH is 1. The highest BCUT2D eigenvalue weighted by Crippen LogP contribution is 2.16. The second-order valence-electron chi connectivity index (χ2n) is 6.64. The summed E-state index contributed by atoms with van der Waals surface area (Å²) in [5.41, 5.74) is 2.49. The number of para-hydroxylation sites is 1. The molecule has 1 heterocycles. The van der Waals surface area contributed by atoms with E-state index in [1.54, 1.807) is 0 Å². The minimum atomic E-state index is -2.61. The molecular formula is C20H27N3O4S. The van der Waals surface area contributed by atoms with Crippen LogP contribution in [0.5, 0.6) is 5.75 Å². The van der Waals surface area contributed by atoms with Crippen molar-refractivity contribution in [2.75, 3.05) is 44.2 Å². The van der Waals surface area contributed by atoms with Gasteiger partial charge >= 0.3 is 10.5 Å². The first kappa shape index (κ1) is 21.9. The Morgan fingerprint density at radius 1 is 1.04 bits per heavy atom. The smallest absolute Gasteiger partial charge is 0.308 e. The third-order valence-electron chi connectivity index (χ3n) is 4.43. The maximum atomic E-state index is 10.2. The van der Waals surface area contributed by atoms with E-state index in [1.807, 2.05) is 37.3 Å². The molecule has 2 aromatic carbocycles. The average molecular weight is 406 g/mol. The van der Waals surface area contributed by atoms with Crippen LogP contribution in [-0.4, -0.2) is 63.9 Å². The van der Waals surface area contributed by atoms with Crippen LogP contribution in [0, 0.1) is 11.7 Å². The fraction of sp³-hybridized carbons (Fsp3) is 0.400. The molecule has 152 valence electrons. The van der Waals surface area contributed by atoms with Crippen LogP contribution in [0.2, 0.25) is 0 Å². The number of piperazine rings is 1. The molecule has 0 aromatic heterocycles. The first-order valence-corrected chi connectivity index (χ1v) is 10.2. The van der Waals surface area contributed by atoms with E-state index in [1.165, 1.54) is 11.3 Å². The zero-order valence-corrected chi connectivity index (χ0v) is 16.8. The molecule has 3 rings (SSSR count). The number of β-amino-alcohol motifs (C(OH)–C–C–N with tert-alkyl or cyclic N) is 1. The lowest BCUT2D eigenvalue weighted by molar-refractivity contribution is 0.0663. The molecule has 0 spiro atoms. The molecular weight excluding hydrogens is 378 g/mol. The number of anilines is 1. The van der Waals surface area contributed by atoms with E-state index in [4.69, 9.17) is 17.9 Å². The van der Waals surface area contributed by atoms with Crippen LogP contribution in [0.1, 0.15) is 5.56 Å². The Hall–Kier alpha value is -2.42. The van der Waals surface area contributed by atoms with Gasteiger partial charge in [0.15, 0.2) is 0 Å². The van der Waals surface area contributed by atoms with Gasteiger partial charge in [0.05, 0.1) is 0 Å². The van der Waals surface area contributed by atoms with Gasteiger partial charge in [-0.3, -0.25) is 4.90 Å². The summed E-state index contributed by atoms with van der Waals surface area (Å²) in [5.74, 6) is 0.813. The maximum absolute atomic E-state index is 10.2. The number of aliphatic hydroxyl groups is 1. The monoisotopic (exact) mass is 405 g/mol. The standard InChI is InChI=1S/C20H26N2O2.HNO2S/c1-17-7-9-20(10-8-17)24-16-19(23)15-21-11-13-22(14-12-21)18-5-3-2-4-6-18;1-4(2)3/h2-10,19,23H,11-16H2,1H3;1H. The zero-order chi connectivity index (χ0) is 20.4. The third kappa shape index (κ3) is 8.08. The molecule has 1 saturated heterocycles. The molecule has 1 fully saturated rings. The van der Waals surface area contributed by atoms with Crippen LogP contribution in [-0.2, 0) is 10.5 Å². The average Bonchev–Trinajstić information content (AvgIpc) is 2.68. The number of rotatable bonds is 6. The van der Waals surface area contributed by atoms with Crippen molar-refractivity contribution in [2.45, 2.75) is 13.0 Å². The van der Waals surface area contributed by atoms with Crippen molar-refractivity contribution in [1.82, 2.24) is 4.90 Å². The number of aryl methyl sites for hydroxylation is 1. The molecule has 1 unspecified atom stereocenters. The minimum absolute atomic E-state index is 0.335. The van der Waals surface area contributed by atoms with Crippen molar-refractivity contribution in [3.05, 3.63) is 60.2 Å². The number of hydrogen-bond donors (Lipinski definition) is 2. The molecule has 0 aliphatic carbocycles. The van der Waals surface area contributed by atoms with Gasteiger partial charge in [0, 0.05) is 38.4 Å². The van der Waals surface area contributed by atoms with Crippen LogP contribution in [0.25, 0.3) is 0 Å². The summed E-state index contributed by atoms with van der Waals surface area (Å²) in [6, 6.07) is 18.4. The first-order valence-electron chi connectivity index (χ1n) is 9.14. The van der Waals surface area contributed by atoms with Crippen molar-refractivity contribution in [3.8, 4) is 5.75 Å². The molecule has 1 aliphatic rings. The van der Waals surface area contributed by atoms with Gasteiger partial charge < -0.3 is 14.7 Å². The van der Waals surface area contributed by atoms with E-state index in [2.05, 4.69) is 34.1 Å². The van der Waals surface area contributed by atoms with Gasteiger partial charge in [-0.2, -0.15) is 13.2 Å². The van der Waals surface area contributed by atoms with E-state index in [0.29, 0.717) is 13.2 Å². The van der Waals surface area contributed by atoms with Crippen LogP contribution in [0.4, 0.5) is 5.69 Å². The summed E-state index contributed by atoms with van der Waals surface area (Å²) in [6.07, 6.45) is -0.463. The predicted octanol–water partition coefficient (Wildman–Crippen LogP) is 2.18. The second kappa shape index (κ2) is 11.4. The van der Waals surface area contributed by atoms with Crippen LogP contribution in [0.15, 0.2) is 54.6 Å². The lowest BCUT2D eigenvalue weighted by Crippen LogP contribution is -2.49. The fourth-order valence-corrected chi connectivity index (χ4v) is 3.01. The Morgan fingerprint density at radius 3 is 2.18 bits per heavy atom. The Morgan fingerprint density at radius 2 is 1.61 bits per heavy atom. The highest BCUT2D eigenvalue weighted by Gasteiger charge is 2.19. The summed E-state index contributed by atoms with van der Waals surface area (Å²) in [6.45, 7) is 6.97. The van der Waals surface area contributed by atoms with Crippen LogP contribution in [0.3, 0.4) is 0 Å². The summed E-state index contributed by atoms with van der Waals surface area (Å²) in [4.78, 5) is 4.70. The summed E-state index contributed by atoms with van der Waals surface area (Å²) in [5, 5.41) is 10.2. The predicted molar refractivity (Wildman–Crippen MR) is 109 cm³/mol. The zero-order valence-electron chi connectivity index (χ0n) is 16.0. The van der Waals surface area contributed by atoms with Gasteiger partial charge in [-0.05, 0) is 31.2 Å². The summed E-state index contributed by atoms with van der Waals surface area (Å²) in [7, 11) is -2.61. The number of nitrogens with one attached hydrogen (secondary N) is 1. The van der Waals surface area contributed by atoms with E-state index in [9.17, 15) is 5.11 Å². The number of benzene rings is 2. The van der Waals surface area contributed by atoms with E-state index in [-0.39, 0.29) is 0 Å². The summed E-state index contributed by atoms with van der Waals surface area (Å²) >= 11 is 0. The maximum Gasteiger partial charge on any atom is 0.308 e. The van der Waals surface area contributed by atoms with Crippen LogP contribution < -0.4 is 9.64 Å². The van der Waals surface area contributed by atoms with Gasteiger partial charge in [0.1, 0.15) is 18.5 Å². The normalized spacial score (nSPS) is 15.3. The van der Waals surface area contributed by atoms with Crippen molar-refractivity contribution < 1.29 is 18.3 Å². The second-order valence-corrected chi connectivity index (χ2v) is 7.11. The van der Waals surface area contributed by atoms with Gasteiger partial charge in [-0.15, -0.1) is 0 Å². The third-order valence-corrected chi connectivity index (χ3v) is 4.43. The van der Waals surface area contributed by atoms with Crippen molar-refractivity contribution in [1.29, 1.82) is 4.78 Å². The highest BCUT2D eigenvalue weighted by molar-refractivity contribution is 7.60. The van der Waals surface area contributed by atoms with Crippen LogP contribution >= 0.6 is 0 Å². The largest absolute Gasteiger partial charge is 0.491 e. The minimum Gasteiger partial charge on any atom is -0.491 e. The lowest BCUT2D eigenvalue weighted by atomic mass is 10.2. The Labute approximate surface area is 167 Å².